The summed E-state index contributed by atoms with van der Waals surface area (Å²) in [6.45, 7) is 4.94. The molecule has 152 valence electrons. The Bertz CT molecular complexity index is 348. The van der Waals surface area contributed by atoms with Gasteiger partial charge in [-0.15, -0.1) is 0 Å². The Morgan fingerprint density at radius 1 is 0.808 bits per heavy atom. The fraction of sp³-hybridized carbons (Fsp3) is 0.870. The zero-order valence-corrected chi connectivity index (χ0v) is 17.4. The molecule has 0 aromatic rings. The number of esters is 1. The Labute approximate surface area is 162 Å². The monoisotopic (exact) mass is 365 g/mol. The van der Waals surface area contributed by atoms with Crippen LogP contribution in [0, 0.1) is 0 Å². The van der Waals surface area contributed by atoms with Crippen LogP contribution < -0.4 is 0 Å². The van der Waals surface area contributed by atoms with E-state index >= 15 is 0 Å². The zero-order valence-electron chi connectivity index (χ0n) is 17.4. The molecule has 0 bridgehead atoms. The summed E-state index contributed by atoms with van der Waals surface area (Å²) in [5.41, 5.74) is 0. The van der Waals surface area contributed by atoms with Gasteiger partial charge in [0.2, 0.25) is 0 Å². The minimum absolute atomic E-state index is 0.0190. The van der Waals surface area contributed by atoms with Gasteiger partial charge in [0.05, 0.1) is 0 Å². The highest BCUT2D eigenvalue weighted by Gasteiger charge is 2.12. The van der Waals surface area contributed by atoms with Crippen molar-refractivity contribution in [1.82, 2.24) is 4.90 Å². The zero-order chi connectivity index (χ0) is 18.7. The summed E-state index contributed by atoms with van der Waals surface area (Å²) in [7, 11) is 0. The normalized spacial score (nSPS) is 15.1. The van der Waals surface area contributed by atoms with Gasteiger partial charge in [-0.1, -0.05) is 70.4 Å². The number of carbonyl (C=O) groups is 1. The van der Waals surface area contributed by atoms with Gasteiger partial charge in [0.1, 0.15) is 6.73 Å². The molecule has 1 rings (SSSR count). The lowest BCUT2D eigenvalue weighted by molar-refractivity contribution is -0.148. The minimum atomic E-state index is -0.0190. The molecule has 1 aliphatic heterocycles. The van der Waals surface area contributed by atoms with Crippen molar-refractivity contribution in [3.63, 3.8) is 0 Å². The van der Waals surface area contributed by atoms with Crippen molar-refractivity contribution in [2.45, 2.75) is 110 Å². The van der Waals surface area contributed by atoms with E-state index in [4.69, 9.17) is 4.74 Å². The lowest BCUT2D eigenvalue weighted by Gasteiger charge is -2.14. The average Bonchev–Trinajstić information content (AvgIpc) is 3.17. The molecule has 0 unspecified atom stereocenters. The van der Waals surface area contributed by atoms with Gasteiger partial charge in [0.15, 0.2) is 0 Å². The van der Waals surface area contributed by atoms with E-state index < -0.39 is 0 Å². The molecule has 0 saturated carbocycles. The molecular formula is C23H43NO2. The number of carbonyl (C=O) groups excluding carboxylic acids is 1. The number of ether oxygens (including phenoxy) is 1. The maximum absolute atomic E-state index is 11.7. The third-order valence-electron chi connectivity index (χ3n) is 5.25. The van der Waals surface area contributed by atoms with E-state index in [9.17, 15) is 4.79 Å². The third kappa shape index (κ3) is 14.4. The fourth-order valence-electron chi connectivity index (χ4n) is 3.49. The largest absolute Gasteiger partial charge is 0.449 e. The number of hydrogen-bond donors (Lipinski definition) is 0. The number of unbranched alkanes of at least 4 members (excludes halogenated alkanes) is 11. The molecule has 0 amide bonds. The minimum Gasteiger partial charge on any atom is -0.449 e. The molecule has 1 heterocycles. The van der Waals surface area contributed by atoms with Gasteiger partial charge >= 0.3 is 5.97 Å². The summed E-state index contributed by atoms with van der Waals surface area (Å²) < 4.78 is 5.32. The topological polar surface area (TPSA) is 29.5 Å². The Balaban J connectivity index is 1.76. The first-order valence-electron chi connectivity index (χ1n) is 11.4. The Kier molecular flexibility index (Phi) is 15.7. The molecule has 3 heteroatoms. The molecule has 0 N–H and O–H groups in total. The first-order chi connectivity index (χ1) is 12.8. The van der Waals surface area contributed by atoms with Crippen LogP contribution in [-0.4, -0.2) is 30.7 Å². The highest BCUT2D eigenvalue weighted by atomic mass is 16.5. The second-order valence-electron chi connectivity index (χ2n) is 7.80. The van der Waals surface area contributed by atoms with Crippen molar-refractivity contribution in [2.75, 3.05) is 19.8 Å². The van der Waals surface area contributed by atoms with Gasteiger partial charge in [-0.3, -0.25) is 9.69 Å². The van der Waals surface area contributed by atoms with Crippen LogP contribution in [-0.2, 0) is 9.53 Å². The first-order valence-corrected chi connectivity index (χ1v) is 11.4. The van der Waals surface area contributed by atoms with Crippen molar-refractivity contribution < 1.29 is 9.53 Å². The van der Waals surface area contributed by atoms with E-state index in [1.807, 2.05) is 0 Å². The lowest BCUT2D eigenvalue weighted by Crippen LogP contribution is -2.24. The number of nitrogens with zero attached hydrogens (tertiary/aromatic N) is 1. The molecule has 0 atom stereocenters. The van der Waals surface area contributed by atoms with Crippen molar-refractivity contribution >= 4 is 5.97 Å². The molecule has 0 aliphatic carbocycles. The quantitative estimate of drug-likeness (QED) is 0.165. The van der Waals surface area contributed by atoms with Crippen LogP contribution in [0.1, 0.15) is 110 Å². The molecule has 0 radical (unpaired) electrons. The fourth-order valence-corrected chi connectivity index (χ4v) is 3.49. The summed E-state index contributed by atoms with van der Waals surface area (Å²) in [6, 6.07) is 0. The number of rotatable bonds is 17. The van der Waals surface area contributed by atoms with Gasteiger partial charge in [-0.25, -0.2) is 0 Å². The molecule has 3 nitrogen and oxygen atoms in total. The van der Waals surface area contributed by atoms with E-state index in [1.54, 1.807) is 0 Å². The van der Waals surface area contributed by atoms with E-state index in [2.05, 4.69) is 24.0 Å². The van der Waals surface area contributed by atoms with E-state index in [0.29, 0.717) is 13.2 Å². The van der Waals surface area contributed by atoms with E-state index in [-0.39, 0.29) is 5.97 Å². The molecular weight excluding hydrogens is 322 g/mol. The Hall–Kier alpha value is -0.830. The lowest BCUT2D eigenvalue weighted by atomic mass is 10.1. The van der Waals surface area contributed by atoms with Crippen LogP contribution in [0.2, 0.25) is 0 Å². The predicted octanol–water partition coefficient (Wildman–Crippen LogP) is 6.62. The van der Waals surface area contributed by atoms with Crippen LogP contribution in [0.5, 0.6) is 0 Å². The second-order valence-corrected chi connectivity index (χ2v) is 7.80. The average molecular weight is 366 g/mol. The Morgan fingerprint density at radius 2 is 1.35 bits per heavy atom. The molecule has 26 heavy (non-hydrogen) atoms. The van der Waals surface area contributed by atoms with E-state index in [1.165, 1.54) is 83.5 Å². The highest BCUT2D eigenvalue weighted by molar-refractivity contribution is 5.69. The Morgan fingerprint density at radius 3 is 1.96 bits per heavy atom. The van der Waals surface area contributed by atoms with Crippen molar-refractivity contribution in [2.24, 2.45) is 0 Å². The smallest absolute Gasteiger partial charge is 0.307 e. The highest BCUT2D eigenvalue weighted by Crippen LogP contribution is 2.11. The molecule has 1 aliphatic rings. The van der Waals surface area contributed by atoms with Crippen molar-refractivity contribution in [1.29, 1.82) is 0 Å². The second kappa shape index (κ2) is 17.6. The maximum Gasteiger partial charge on any atom is 0.307 e. The van der Waals surface area contributed by atoms with Crippen molar-refractivity contribution in [3.05, 3.63) is 12.2 Å². The van der Waals surface area contributed by atoms with Gasteiger partial charge in [0.25, 0.3) is 0 Å². The third-order valence-corrected chi connectivity index (χ3v) is 5.25. The SMILES string of the molecule is CCCCCCCC/C=C\CCCCCCCC(=O)OCN1CCCC1. The molecule has 1 fully saturated rings. The molecule has 1 saturated heterocycles. The number of likely N-dealkylation sites (tertiary alicyclic amines) is 1. The van der Waals surface area contributed by atoms with Gasteiger partial charge < -0.3 is 4.74 Å². The van der Waals surface area contributed by atoms with Crippen LogP contribution in [0.15, 0.2) is 12.2 Å². The molecule has 0 spiro atoms. The summed E-state index contributed by atoms with van der Waals surface area (Å²) in [5.74, 6) is -0.0190. The van der Waals surface area contributed by atoms with Crippen LogP contribution in [0.4, 0.5) is 0 Å². The molecule has 0 aromatic heterocycles. The van der Waals surface area contributed by atoms with Crippen LogP contribution in [0.3, 0.4) is 0 Å². The summed E-state index contributed by atoms with van der Waals surface area (Å²) in [5, 5.41) is 0. The van der Waals surface area contributed by atoms with Crippen LogP contribution >= 0.6 is 0 Å². The van der Waals surface area contributed by atoms with Crippen LogP contribution in [0.25, 0.3) is 0 Å². The number of hydrogen-bond acceptors (Lipinski definition) is 3. The predicted molar refractivity (Wildman–Crippen MR) is 111 cm³/mol. The molecule has 0 aromatic carbocycles. The maximum atomic E-state index is 11.7. The summed E-state index contributed by atoms with van der Waals surface area (Å²) >= 11 is 0. The summed E-state index contributed by atoms with van der Waals surface area (Å²) in [6.07, 6.45) is 24.5. The van der Waals surface area contributed by atoms with Gasteiger partial charge in [0, 0.05) is 19.5 Å². The van der Waals surface area contributed by atoms with Gasteiger partial charge in [-0.05, 0) is 44.9 Å². The standard InChI is InChI=1S/C23H43NO2/c1-2-3-4-5-6-7-8-9-10-11-12-13-14-15-16-19-23(25)26-22-24-20-17-18-21-24/h9-10H,2-8,11-22H2,1H3/b10-9-. The summed E-state index contributed by atoms with van der Waals surface area (Å²) in [4.78, 5) is 13.9. The van der Waals surface area contributed by atoms with Gasteiger partial charge in [-0.2, -0.15) is 0 Å². The van der Waals surface area contributed by atoms with E-state index in [0.717, 1.165) is 25.9 Å². The van der Waals surface area contributed by atoms with Crippen molar-refractivity contribution in [3.8, 4) is 0 Å². The number of allylic oxidation sites excluding steroid dienone is 2. The first kappa shape index (κ1) is 23.2.